The molecule has 1 heterocycles. The SMILES string of the molecule is C[C@@]1(CCc2ccccc2)NC(=O)N(CC(=O)OCC(=O)c2ccc(F)cc2)C1=O. The third-order valence-corrected chi connectivity index (χ3v) is 4.92. The highest BCUT2D eigenvalue weighted by atomic mass is 19.1. The van der Waals surface area contributed by atoms with Crippen molar-refractivity contribution in [2.75, 3.05) is 13.2 Å². The molecule has 1 saturated heterocycles. The molecular weight excluding hydrogens is 391 g/mol. The molecule has 8 heteroatoms. The maximum Gasteiger partial charge on any atom is 0.326 e. The van der Waals surface area contributed by atoms with Crippen LogP contribution in [0.25, 0.3) is 0 Å². The number of hydrogen-bond acceptors (Lipinski definition) is 5. The molecule has 3 amide bonds. The summed E-state index contributed by atoms with van der Waals surface area (Å²) >= 11 is 0. The van der Waals surface area contributed by atoms with Gasteiger partial charge >= 0.3 is 12.0 Å². The first-order valence-corrected chi connectivity index (χ1v) is 9.41. The summed E-state index contributed by atoms with van der Waals surface area (Å²) in [4.78, 5) is 49.8. The second kappa shape index (κ2) is 8.86. The Morgan fingerprint density at radius 2 is 1.73 bits per heavy atom. The van der Waals surface area contributed by atoms with E-state index in [-0.39, 0.29) is 5.56 Å². The molecule has 0 aromatic heterocycles. The number of carbonyl (C=O) groups excluding carboxylic acids is 4. The number of imide groups is 1. The van der Waals surface area contributed by atoms with Gasteiger partial charge in [0.2, 0.25) is 0 Å². The lowest BCUT2D eigenvalue weighted by Crippen LogP contribution is -2.44. The number of hydrogen-bond donors (Lipinski definition) is 1. The molecule has 30 heavy (non-hydrogen) atoms. The van der Waals surface area contributed by atoms with Gasteiger partial charge in [0.05, 0.1) is 0 Å². The normalized spacial score (nSPS) is 18.3. The van der Waals surface area contributed by atoms with Crippen molar-refractivity contribution < 1.29 is 28.3 Å². The van der Waals surface area contributed by atoms with Gasteiger partial charge in [0.1, 0.15) is 17.9 Å². The molecule has 156 valence electrons. The molecule has 1 fully saturated rings. The summed E-state index contributed by atoms with van der Waals surface area (Å²) in [5, 5.41) is 2.63. The molecule has 0 bridgehead atoms. The van der Waals surface area contributed by atoms with Crippen LogP contribution in [-0.2, 0) is 20.7 Å². The van der Waals surface area contributed by atoms with Crippen LogP contribution in [0.3, 0.4) is 0 Å². The Morgan fingerprint density at radius 1 is 1.07 bits per heavy atom. The summed E-state index contributed by atoms with van der Waals surface area (Å²) in [7, 11) is 0. The molecule has 1 N–H and O–H groups in total. The summed E-state index contributed by atoms with van der Waals surface area (Å²) < 4.78 is 17.8. The van der Waals surface area contributed by atoms with Crippen molar-refractivity contribution in [1.29, 1.82) is 0 Å². The van der Waals surface area contributed by atoms with E-state index in [0.717, 1.165) is 22.6 Å². The van der Waals surface area contributed by atoms with Gasteiger partial charge in [-0.1, -0.05) is 30.3 Å². The molecule has 0 spiro atoms. The van der Waals surface area contributed by atoms with Crippen molar-refractivity contribution in [3.8, 4) is 0 Å². The highest BCUT2D eigenvalue weighted by Crippen LogP contribution is 2.23. The Morgan fingerprint density at radius 3 is 2.40 bits per heavy atom. The van der Waals surface area contributed by atoms with Gasteiger partial charge in [-0.25, -0.2) is 9.18 Å². The van der Waals surface area contributed by atoms with Crippen molar-refractivity contribution in [3.05, 3.63) is 71.5 Å². The number of rotatable bonds is 8. The van der Waals surface area contributed by atoms with Crippen LogP contribution in [0, 0.1) is 5.82 Å². The fraction of sp³-hybridized carbons (Fsp3) is 0.273. The summed E-state index contributed by atoms with van der Waals surface area (Å²) in [6, 6.07) is 13.7. The van der Waals surface area contributed by atoms with Crippen molar-refractivity contribution in [1.82, 2.24) is 10.2 Å². The van der Waals surface area contributed by atoms with E-state index >= 15 is 0 Å². The molecule has 0 unspecified atom stereocenters. The Balaban J connectivity index is 1.53. The Labute approximate surface area is 172 Å². The second-order valence-electron chi connectivity index (χ2n) is 7.23. The number of nitrogens with one attached hydrogen (secondary N) is 1. The van der Waals surface area contributed by atoms with Gasteiger partial charge in [-0.05, 0) is 49.6 Å². The van der Waals surface area contributed by atoms with Crippen LogP contribution in [-0.4, -0.2) is 47.3 Å². The largest absolute Gasteiger partial charge is 0.456 e. The van der Waals surface area contributed by atoms with Gasteiger partial charge in [-0.2, -0.15) is 0 Å². The van der Waals surface area contributed by atoms with E-state index in [1.54, 1.807) is 6.92 Å². The van der Waals surface area contributed by atoms with Crippen molar-refractivity contribution in [2.24, 2.45) is 0 Å². The van der Waals surface area contributed by atoms with Crippen LogP contribution in [0.15, 0.2) is 54.6 Å². The molecule has 1 aliphatic heterocycles. The molecule has 2 aromatic rings. The zero-order valence-corrected chi connectivity index (χ0v) is 16.4. The highest BCUT2D eigenvalue weighted by molar-refractivity contribution is 6.08. The molecule has 0 radical (unpaired) electrons. The number of urea groups is 1. The van der Waals surface area contributed by atoms with Crippen molar-refractivity contribution >= 4 is 23.7 Å². The molecule has 2 aromatic carbocycles. The number of carbonyl (C=O) groups is 4. The molecule has 1 aliphatic rings. The first kappa shape index (κ1) is 21.2. The van der Waals surface area contributed by atoms with Crippen LogP contribution in [0.4, 0.5) is 9.18 Å². The zero-order chi connectivity index (χ0) is 21.7. The van der Waals surface area contributed by atoms with Gasteiger partial charge in [0.25, 0.3) is 5.91 Å². The smallest absolute Gasteiger partial charge is 0.326 e. The lowest BCUT2D eigenvalue weighted by atomic mass is 9.93. The minimum absolute atomic E-state index is 0.188. The Kier molecular flexibility index (Phi) is 6.25. The number of benzene rings is 2. The number of ether oxygens (including phenoxy) is 1. The first-order valence-electron chi connectivity index (χ1n) is 9.41. The van der Waals surface area contributed by atoms with Crippen LogP contribution in [0.1, 0.15) is 29.3 Å². The van der Waals surface area contributed by atoms with Crippen LogP contribution in [0.5, 0.6) is 0 Å². The number of nitrogens with zero attached hydrogens (tertiary/aromatic N) is 1. The Bertz CT molecular complexity index is 961. The fourth-order valence-corrected chi connectivity index (χ4v) is 3.14. The van der Waals surface area contributed by atoms with E-state index in [4.69, 9.17) is 4.74 Å². The van der Waals surface area contributed by atoms with Gasteiger partial charge in [0, 0.05) is 5.56 Å². The van der Waals surface area contributed by atoms with Crippen molar-refractivity contribution in [3.63, 3.8) is 0 Å². The monoisotopic (exact) mass is 412 g/mol. The summed E-state index contributed by atoms with van der Waals surface area (Å²) in [5.41, 5.74) is 0.0857. The summed E-state index contributed by atoms with van der Waals surface area (Å²) in [5.74, 6) is -2.42. The number of Topliss-reactive ketones (excluding diaryl/α,β-unsaturated/α-hetero) is 1. The zero-order valence-electron chi connectivity index (χ0n) is 16.4. The van der Waals surface area contributed by atoms with Gasteiger partial charge in [-0.15, -0.1) is 0 Å². The lowest BCUT2D eigenvalue weighted by molar-refractivity contribution is -0.146. The minimum Gasteiger partial charge on any atom is -0.456 e. The number of aryl methyl sites for hydroxylation is 1. The maximum absolute atomic E-state index is 12.9. The average molecular weight is 412 g/mol. The van der Waals surface area contributed by atoms with E-state index in [1.807, 2.05) is 30.3 Å². The van der Waals surface area contributed by atoms with Crippen molar-refractivity contribution in [2.45, 2.75) is 25.3 Å². The van der Waals surface area contributed by atoms with Gasteiger partial charge in [0.15, 0.2) is 12.4 Å². The molecule has 0 saturated carbocycles. The maximum atomic E-state index is 12.9. The molecule has 3 rings (SSSR count). The van der Waals surface area contributed by atoms with E-state index in [0.29, 0.717) is 12.8 Å². The lowest BCUT2D eigenvalue weighted by Gasteiger charge is -2.21. The summed E-state index contributed by atoms with van der Waals surface area (Å²) in [6.45, 7) is 0.446. The minimum atomic E-state index is -1.13. The van der Waals surface area contributed by atoms with Gasteiger partial charge < -0.3 is 10.1 Å². The first-order chi connectivity index (χ1) is 14.3. The summed E-state index contributed by atoms with van der Waals surface area (Å²) in [6.07, 6.45) is 0.948. The van der Waals surface area contributed by atoms with E-state index < -0.39 is 48.2 Å². The van der Waals surface area contributed by atoms with Gasteiger partial charge in [-0.3, -0.25) is 19.3 Å². The van der Waals surface area contributed by atoms with E-state index in [2.05, 4.69) is 5.32 Å². The third-order valence-electron chi connectivity index (χ3n) is 4.92. The van der Waals surface area contributed by atoms with Crippen LogP contribution >= 0.6 is 0 Å². The topological polar surface area (TPSA) is 92.8 Å². The predicted molar refractivity (Wildman–Crippen MR) is 105 cm³/mol. The Hall–Kier alpha value is -3.55. The number of ketones is 1. The predicted octanol–water partition coefficient (Wildman–Crippen LogP) is 2.49. The van der Waals surface area contributed by atoms with E-state index in [9.17, 15) is 23.6 Å². The highest BCUT2D eigenvalue weighted by Gasteiger charge is 2.48. The second-order valence-corrected chi connectivity index (χ2v) is 7.23. The number of esters is 1. The standard InChI is InChI=1S/C22H21FN2O5/c1-22(12-11-15-5-3-2-4-6-15)20(28)25(21(29)24-22)13-19(27)30-14-18(26)16-7-9-17(23)10-8-16/h2-10H,11-14H2,1H3,(H,24,29)/t22-/m0/s1. The average Bonchev–Trinajstić information content (AvgIpc) is 2.95. The van der Waals surface area contributed by atoms with Crippen LogP contribution < -0.4 is 5.32 Å². The van der Waals surface area contributed by atoms with Crippen LogP contribution in [0.2, 0.25) is 0 Å². The third kappa shape index (κ3) is 4.89. The molecular formula is C22H21FN2O5. The quantitative estimate of drug-likeness (QED) is 0.409. The van der Waals surface area contributed by atoms with E-state index in [1.165, 1.54) is 12.1 Å². The number of amides is 3. The molecule has 0 aliphatic carbocycles. The number of halogens is 1. The molecule has 7 nitrogen and oxygen atoms in total. The molecule has 1 atom stereocenters. The fourth-order valence-electron chi connectivity index (χ4n) is 3.14.